The summed E-state index contributed by atoms with van der Waals surface area (Å²) in [5, 5.41) is 18.1. The maximum Gasteiger partial charge on any atom is 0.251 e. The Morgan fingerprint density at radius 2 is 2.10 bits per heavy atom. The van der Waals surface area contributed by atoms with Crippen molar-refractivity contribution in [2.45, 2.75) is 37.5 Å². The molecule has 0 aromatic heterocycles. The van der Waals surface area contributed by atoms with Gasteiger partial charge in [-0.15, -0.1) is 0 Å². The predicted molar refractivity (Wildman–Crippen MR) is 78.0 cm³/mol. The summed E-state index contributed by atoms with van der Waals surface area (Å²) in [5.41, 5.74) is 1.13. The number of carbonyl (C=O) groups is 2. The van der Waals surface area contributed by atoms with Gasteiger partial charge in [0.15, 0.2) is 0 Å². The van der Waals surface area contributed by atoms with Crippen LogP contribution < -0.4 is 16.0 Å². The Morgan fingerprint density at radius 1 is 1.29 bits per heavy atom. The van der Waals surface area contributed by atoms with Crippen molar-refractivity contribution in [3.05, 3.63) is 29.8 Å². The Hall–Kier alpha value is -1.92. The van der Waals surface area contributed by atoms with E-state index in [0.717, 1.165) is 12.8 Å². The van der Waals surface area contributed by atoms with Crippen LogP contribution in [0.5, 0.6) is 0 Å². The van der Waals surface area contributed by atoms with Crippen molar-refractivity contribution in [1.29, 1.82) is 0 Å². The number of rotatable bonds is 4. The first kappa shape index (κ1) is 14.0. The minimum atomic E-state index is -0.476. The predicted octanol–water partition coefficient (Wildman–Crippen LogP) is 0.240. The molecule has 2 atom stereocenters. The molecule has 2 amide bonds. The zero-order valence-electron chi connectivity index (χ0n) is 11.6. The highest BCUT2D eigenvalue weighted by atomic mass is 16.3. The fraction of sp³-hybridized carbons (Fsp3) is 0.467. The van der Waals surface area contributed by atoms with Crippen molar-refractivity contribution in [1.82, 2.24) is 10.6 Å². The number of aliphatic hydroxyl groups is 1. The third kappa shape index (κ3) is 3.59. The summed E-state index contributed by atoms with van der Waals surface area (Å²) < 4.78 is 0. The molecule has 0 radical (unpaired) electrons. The topological polar surface area (TPSA) is 90.5 Å². The standard InChI is InChI=1S/C15H19N3O3/c19-12-7-13(16-8-12)15(21)18-11-3-1-2-9(6-11)14(20)17-10-4-5-10/h1-3,6,10,12-13,16,19H,4-5,7-8H2,(H,17,20)(H,18,21). The molecule has 1 saturated heterocycles. The normalized spacial score (nSPS) is 24.6. The molecule has 1 aliphatic heterocycles. The Kier molecular flexibility index (Phi) is 3.90. The molecule has 1 saturated carbocycles. The van der Waals surface area contributed by atoms with Crippen LogP contribution in [0.15, 0.2) is 24.3 Å². The summed E-state index contributed by atoms with van der Waals surface area (Å²) in [6, 6.07) is 6.81. The summed E-state index contributed by atoms with van der Waals surface area (Å²) in [4.78, 5) is 24.0. The van der Waals surface area contributed by atoms with Crippen LogP contribution in [0, 0.1) is 0 Å². The number of amides is 2. The summed E-state index contributed by atoms with van der Waals surface area (Å²) in [7, 11) is 0. The molecule has 1 aromatic rings. The van der Waals surface area contributed by atoms with Crippen molar-refractivity contribution in [2.75, 3.05) is 11.9 Å². The van der Waals surface area contributed by atoms with Crippen LogP contribution in [0.2, 0.25) is 0 Å². The van der Waals surface area contributed by atoms with Gasteiger partial charge in [-0.1, -0.05) is 6.07 Å². The van der Waals surface area contributed by atoms with Crippen molar-refractivity contribution < 1.29 is 14.7 Å². The van der Waals surface area contributed by atoms with E-state index in [1.54, 1.807) is 24.3 Å². The largest absolute Gasteiger partial charge is 0.392 e. The molecule has 21 heavy (non-hydrogen) atoms. The van der Waals surface area contributed by atoms with Crippen LogP contribution in [-0.2, 0) is 4.79 Å². The second-order valence-corrected chi connectivity index (χ2v) is 5.67. The molecule has 112 valence electrons. The van der Waals surface area contributed by atoms with Gasteiger partial charge in [-0.3, -0.25) is 9.59 Å². The Labute approximate surface area is 122 Å². The number of carbonyl (C=O) groups excluding carboxylic acids is 2. The van der Waals surface area contributed by atoms with Gasteiger partial charge in [0.2, 0.25) is 5.91 Å². The lowest BCUT2D eigenvalue weighted by Crippen LogP contribution is -2.35. The molecule has 1 aromatic carbocycles. The number of hydrogen-bond donors (Lipinski definition) is 4. The van der Waals surface area contributed by atoms with Crippen LogP contribution in [0.3, 0.4) is 0 Å². The van der Waals surface area contributed by atoms with Crippen LogP contribution in [0.1, 0.15) is 29.6 Å². The molecule has 1 heterocycles. The van der Waals surface area contributed by atoms with E-state index in [9.17, 15) is 14.7 Å². The zero-order valence-corrected chi connectivity index (χ0v) is 11.6. The van der Waals surface area contributed by atoms with Gasteiger partial charge in [-0.05, 0) is 37.5 Å². The van der Waals surface area contributed by atoms with Gasteiger partial charge in [-0.25, -0.2) is 0 Å². The fourth-order valence-electron chi connectivity index (χ4n) is 2.38. The van der Waals surface area contributed by atoms with Gasteiger partial charge < -0.3 is 21.1 Å². The lowest BCUT2D eigenvalue weighted by Gasteiger charge is -2.12. The molecular formula is C15H19N3O3. The molecule has 2 fully saturated rings. The second kappa shape index (κ2) is 5.83. The highest BCUT2D eigenvalue weighted by Crippen LogP contribution is 2.20. The van der Waals surface area contributed by atoms with Gasteiger partial charge >= 0.3 is 0 Å². The van der Waals surface area contributed by atoms with Crippen LogP contribution in [0.4, 0.5) is 5.69 Å². The quantitative estimate of drug-likeness (QED) is 0.639. The minimum absolute atomic E-state index is 0.108. The monoisotopic (exact) mass is 289 g/mol. The molecule has 2 aliphatic rings. The number of hydrogen-bond acceptors (Lipinski definition) is 4. The van der Waals surface area contributed by atoms with Crippen molar-refractivity contribution in [3.8, 4) is 0 Å². The average molecular weight is 289 g/mol. The molecule has 2 unspecified atom stereocenters. The molecule has 0 bridgehead atoms. The van der Waals surface area contributed by atoms with Gasteiger partial charge in [0.05, 0.1) is 12.1 Å². The summed E-state index contributed by atoms with van der Waals surface area (Å²) >= 11 is 0. The smallest absolute Gasteiger partial charge is 0.251 e. The molecular weight excluding hydrogens is 270 g/mol. The highest BCUT2D eigenvalue weighted by Gasteiger charge is 2.28. The van der Waals surface area contributed by atoms with E-state index in [-0.39, 0.29) is 17.9 Å². The van der Waals surface area contributed by atoms with Crippen molar-refractivity contribution >= 4 is 17.5 Å². The minimum Gasteiger partial charge on any atom is -0.392 e. The Balaban J connectivity index is 1.62. The Morgan fingerprint density at radius 3 is 2.76 bits per heavy atom. The molecule has 4 N–H and O–H groups in total. The van der Waals surface area contributed by atoms with E-state index in [1.165, 1.54) is 0 Å². The summed E-state index contributed by atoms with van der Waals surface area (Å²) in [6.45, 7) is 0.432. The number of aliphatic hydroxyl groups excluding tert-OH is 1. The van der Waals surface area contributed by atoms with Crippen molar-refractivity contribution in [3.63, 3.8) is 0 Å². The first-order chi connectivity index (χ1) is 10.1. The molecule has 1 aliphatic carbocycles. The van der Waals surface area contributed by atoms with E-state index in [4.69, 9.17) is 0 Å². The lowest BCUT2D eigenvalue weighted by atomic mass is 10.1. The van der Waals surface area contributed by atoms with Crippen LogP contribution >= 0.6 is 0 Å². The third-order valence-corrected chi connectivity index (χ3v) is 3.73. The number of nitrogens with one attached hydrogen (secondary N) is 3. The van der Waals surface area contributed by atoms with Crippen LogP contribution in [-0.4, -0.2) is 41.7 Å². The number of anilines is 1. The first-order valence-electron chi connectivity index (χ1n) is 7.25. The Bertz CT molecular complexity index is 557. The average Bonchev–Trinajstić information content (AvgIpc) is 3.17. The van der Waals surface area contributed by atoms with E-state index < -0.39 is 6.10 Å². The van der Waals surface area contributed by atoms with Gasteiger partial charge in [0.25, 0.3) is 5.91 Å². The van der Waals surface area contributed by atoms with Crippen LogP contribution in [0.25, 0.3) is 0 Å². The summed E-state index contributed by atoms with van der Waals surface area (Å²) in [6.07, 6.45) is 2.01. The van der Waals surface area contributed by atoms with E-state index >= 15 is 0 Å². The third-order valence-electron chi connectivity index (χ3n) is 3.73. The number of benzene rings is 1. The molecule has 6 nitrogen and oxygen atoms in total. The van der Waals surface area contributed by atoms with Crippen molar-refractivity contribution in [2.24, 2.45) is 0 Å². The zero-order chi connectivity index (χ0) is 14.8. The maximum absolute atomic E-state index is 12.0. The molecule has 6 heteroatoms. The second-order valence-electron chi connectivity index (χ2n) is 5.67. The highest BCUT2D eigenvalue weighted by molar-refractivity contribution is 5.98. The fourth-order valence-corrected chi connectivity index (χ4v) is 2.38. The SMILES string of the molecule is O=C(NC1CC1)c1cccc(NC(=O)C2CC(O)CN2)c1. The first-order valence-corrected chi connectivity index (χ1v) is 7.25. The maximum atomic E-state index is 12.0. The van der Waals surface area contributed by atoms with E-state index in [0.29, 0.717) is 30.3 Å². The van der Waals surface area contributed by atoms with E-state index in [2.05, 4.69) is 16.0 Å². The van der Waals surface area contributed by atoms with Gasteiger partial charge in [-0.2, -0.15) is 0 Å². The van der Waals surface area contributed by atoms with E-state index in [1.807, 2.05) is 0 Å². The molecule has 3 rings (SSSR count). The number of β-amino-alcohol motifs (C(OH)–C–C–N with tert-alkyl or cyclic N) is 1. The lowest BCUT2D eigenvalue weighted by molar-refractivity contribution is -0.117. The summed E-state index contributed by atoms with van der Waals surface area (Å²) in [5.74, 6) is -0.297. The molecule has 0 spiro atoms. The van der Waals surface area contributed by atoms with Gasteiger partial charge in [0.1, 0.15) is 0 Å². The van der Waals surface area contributed by atoms with Gasteiger partial charge in [0, 0.05) is 23.8 Å².